The molecule has 2 nitrogen and oxygen atoms in total. The lowest BCUT2D eigenvalue weighted by molar-refractivity contribution is 0.103. The predicted molar refractivity (Wildman–Crippen MR) is 68.4 cm³/mol. The van der Waals surface area contributed by atoms with Crippen molar-refractivity contribution < 1.29 is 9.50 Å². The molecular weight excluding hydrogens is 217 g/mol. The molecule has 0 aliphatic rings. The second kappa shape index (κ2) is 6.12. The highest BCUT2D eigenvalue weighted by Gasteiger charge is 2.13. The molecule has 0 bridgehead atoms. The largest absolute Gasteiger partial charge is 0.392 e. The molecule has 0 fully saturated rings. The monoisotopic (exact) mass is 239 g/mol. The van der Waals surface area contributed by atoms with E-state index < -0.39 is 0 Å². The third-order valence-electron chi connectivity index (χ3n) is 2.85. The molecule has 0 radical (unpaired) electrons. The van der Waals surface area contributed by atoms with E-state index in [0.717, 1.165) is 5.56 Å². The number of aliphatic hydroxyl groups excluding tert-OH is 1. The van der Waals surface area contributed by atoms with Crippen LogP contribution in [0.4, 0.5) is 4.39 Å². The van der Waals surface area contributed by atoms with Gasteiger partial charge in [-0.05, 0) is 44.9 Å². The lowest BCUT2D eigenvalue weighted by Crippen LogP contribution is -2.36. The average Bonchev–Trinajstić information content (AvgIpc) is 2.21. The molecule has 3 heteroatoms. The molecular formula is C14H22FNO. The fraction of sp³-hybridized carbons (Fsp3) is 0.571. The second-order valence-electron chi connectivity index (χ2n) is 4.96. The molecule has 1 N–H and O–H groups in total. The Kier molecular flexibility index (Phi) is 5.09. The van der Waals surface area contributed by atoms with Crippen LogP contribution in [0, 0.1) is 12.7 Å². The molecule has 0 aliphatic carbocycles. The number of aliphatic hydroxyl groups is 1. The van der Waals surface area contributed by atoms with E-state index in [1.54, 1.807) is 26.0 Å². The predicted octanol–water partition coefficient (Wildman–Crippen LogP) is 2.73. The van der Waals surface area contributed by atoms with Gasteiger partial charge in [0.15, 0.2) is 0 Å². The maximum atomic E-state index is 13.4. The van der Waals surface area contributed by atoms with Gasteiger partial charge >= 0.3 is 0 Å². The fourth-order valence-electron chi connectivity index (χ4n) is 1.77. The van der Waals surface area contributed by atoms with Crippen molar-refractivity contribution in [1.82, 2.24) is 4.90 Å². The second-order valence-corrected chi connectivity index (χ2v) is 4.96. The first-order chi connectivity index (χ1) is 7.90. The van der Waals surface area contributed by atoms with Crippen LogP contribution in [0.5, 0.6) is 0 Å². The lowest BCUT2D eigenvalue weighted by Gasteiger charge is -2.27. The van der Waals surface area contributed by atoms with Crippen molar-refractivity contribution in [2.24, 2.45) is 0 Å². The SMILES string of the molecule is Cc1ccc(CN(CC(C)O)C(C)C)cc1F. The van der Waals surface area contributed by atoms with Gasteiger partial charge in [0.2, 0.25) is 0 Å². The van der Waals surface area contributed by atoms with Crippen LogP contribution in [0.1, 0.15) is 31.9 Å². The van der Waals surface area contributed by atoms with E-state index in [1.165, 1.54) is 0 Å². The van der Waals surface area contributed by atoms with Crippen molar-refractivity contribution in [2.75, 3.05) is 6.54 Å². The van der Waals surface area contributed by atoms with Gasteiger partial charge < -0.3 is 5.11 Å². The van der Waals surface area contributed by atoms with E-state index in [-0.39, 0.29) is 11.9 Å². The molecule has 17 heavy (non-hydrogen) atoms. The number of halogens is 1. The topological polar surface area (TPSA) is 23.5 Å². The quantitative estimate of drug-likeness (QED) is 0.854. The fourth-order valence-corrected chi connectivity index (χ4v) is 1.77. The van der Waals surface area contributed by atoms with Crippen molar-refractivity contribution in [1.29, 1.82) is 0 Å². The first-order valence-corrected chi connectivity index (χ1v) is 6.07. The van der Waals surface area contributed by atoms with Crippen LogP contribution < -0.4 is 0 Å². The Balaban J connectivity index is 2.75. The number of hydrogen-bond donors (Lipinski definition) is 1. The van der Waals surface area contributed by atoms with Gasteiger partial charge in [0.1, 0.15) is 5.82 Å². The molecule has 0 saturated heterocycles. The Morgan fingerprint density at radius 2 is 1.94 bits per heavy atom. The highest BCUT2D eigenvalue weighted by Crippen LogP contribution is 2.13. The minimum absolute atomic E-state index is 0.164. The van der Waals surface area contributed by atoms with E-state index >= 15 is 0 Å². The maximum Gasteiger partial charge on any atom is 0.126 e. The first kappa shape index (κ1) is 14.1. The van der Waals surface area contributed by atoms with Crippen molar-refractivity contribution >= 4 is 0 Å². The van der Waals surface area contributed by atoms with Crippen LogP contribution in [-0.4, -0.2) is 28.7 Å². The molecule has 1 rings (SSSR count). The molecule has 1 unspecified atom stereocenters. The minimum Gasteiger partial charge on any atom is -0.392 e. The third kappa shape index (κ3) is 4.44. The highest BCUT2D eigenvalue weighted by atomic mass is 19.1. The molecule has 1 aromatic rings. The summed E-state index contributed by atoms with van der Waals surface area (Å²) < 4.78 is 13.4. The molecule has 0 heterocycles. The number of aryl methyl sites for hydroxylation is 1. The van der Waals surface area contributed by atoms with Crippen molar-refractivity contribution in [2.45, 2.75) is 46.4 Å². The van der Waals surface area contributed by atoms with Gasteiger partial charge in [0.25, 0.3) is 0 Å². The standard InChI is InChI=1S/C14H22FNO/c1-10(2)16(8-12(4)17)9-13-6-5-11(3)14(15)7-13/h5-7,10,12,17H,8-9H2,1-4H3. The van der Waals surface area contributed by atoms with Crippen LogP contribution >= 0.6 is 0 Å². The molecule has 1 atom stereocenters. The minimum atomic E-state index is -0.368. The van der Waals surface area contributed by atoms with E-state index in [1.807, 2.05) is 6.07 Å². The molecule has 0 aromatic heterocycles. The summed E-state index contributed by atoms with van der Waals surface area (Å²) >= 11 is 0. The van der Waals surface area contributed by atoms with E-state index in [4.69, 9.17) is 0 Å². The molecule has 96 valence electrons. The first-order valence-electron chi connectivity index (χ1n) is 6.07. The summed E-state index contributed by atoms with van der Waals surface area (Å²) in [5.41, 5.74) is 1.61. The Bertz CT molecular complexity index is 363. The van der Waals surface area contributed by atoms with Crippen LogP contribution in [0.15, 0.2) is 18.2 Å². The Labute approximate surface area is 103 Å². The van der Waals surface area contributed by atoms with E-state index in [0.29, 0.717) is 24.7 Å². The number of nitrogens with zero attached hydrogens (tertiary/aromatic N) is 1. The van der Waals surface area contributed by atoms with Crippen LogP contribution in [0.3, 0.4) is 0 Å². The lowest BCUT2D eigenvalue weighted by atomic mass is 10.1. The molecule has 0 spiro atoms. The highest BCUT2D eigenvalue weighted by molar-refractivity contribution is 5.23. The summed E-state index contributed by atoms with van der Waals surface area (Å²) in [6, 6.07) is 5.64. The van der Waals surface area contributed by atoms with Gasteiger partial charge in [-0.15, -0.1) is 0 Å². The Morgan fingerprint density at radius 3 is 2.41 bits per heavy atom. The van der Waals surface area contributed by atoms with Gasteiger partial charge in [-0.25, -0.2) is 4.39 Å². The van der Waals surface area contributed by atoms with E-state index in [9.17, 15) is 9.50 Å². The Morgan fingerprint density at radius 1 is 1.29 bits per heavy atom. The normalized spacial score (nSPS) is 13.4. The third-order valence-corrected chi connectivity index (χ3v) is 2.85. The van der Waals surface area contributed by atoms with E-state index in [2.05, 4.69) is 18.7 Å². The zero-order valence-electron chi connectivity index (χ0n) is 11.1. The zero-order chi connectivity index (χ0) is 13.0. The number of rotatable bonds is 5. The van der Waals surface area contributed by atoms with Gasteiger partial charge in [-0.1, -0.05) is 12.1 Å². The van der Waals surface area contributed by atoms with Crippen molar-refractivity contribution in [3.05, 3.63) is 35.1 Å². The Hall–Kier alpha value is -0.930. The molecule has 1 aromatic carbocycles. The maximum absolute atomic E-state index is 13.4. The molecule has 0 aliphatic heterocycles. The van der Waals surface area contributed by atoms with Gasteiger partial charge in [0.05, 0.1) is 6.10 Å². The molecule has 0 saturated carbocycles. The number of benzene rings is 1. The van der Waals surface area contributed by atoms with Gasteiger partial charge in [0, 0.05) is 19.1 Å². The van der Waals surface area contributed by atoms with Crippen LogP contribution in [0.25, 0.3) is 0 Å². The number of hydrogen-bond acceptors (Lipinski definition) is 2. The summed E-state index contributed by atoms with van der Waals surface area (Å²) in [5.74, 6) is -0.164. The van der Waals surface area contributed by atoms with Crippen LogP contribution in [0.2, 0.25) is 0 Å². The summed E-state index contributed by atoms with van der Waals surface area (Å²) in [6.07, 6.45) is -0.368. The van der Waals surface area contributed by atoms with Gasteiger partial charge in [-0.2, -0.15) is 0 Å². The average molecular weight is 239 g/mol. The molecule has 0 amide bonds. The summed E-state index contributed by atoms with van der Waals surface area (Å²) in [5, 5.41) is 9.43. The van der Waals surface area contributed by atoms with Crippen LogP contribution in [-0.2, 0) is 6.54 Å². The zero-order valence-corrected chi connectivity index (χ0v) is 11.1. The van der Waals surface area contributed by atoms with Gasteiger partial charge in [-0.3, -0.25) is 4.90 Å². The summed E-state index contributed by atoms with van der Waals surface area (Å²) in [6.45, 7) is 8.95. The smallest absolute Gasteiger partial charge is 0.126 e. The summed E-state index contributed by atoms with van der Waals surface area (Å²) in [4.78, 5) is 2.13. The summed E-state index contributed by atoms with van der Waals surface area (Å²) in [7, 11) is 0. The van der Waals surface area contributed by atoms with Crippen molar-refractivity contribution in [3.8, 4) is 0 Å². The van der Waals surface area contributed by atoms with Crippen molar-refractivity contribution in [3.63, 3.8) is 0 Å².